The van der Waals surface area contributed by atoms with Crippen LogP contribution in [0, 0.1) is 13.8 Å². The highest BCUT2D eigenvalue weighted by Crippen LogP contribution is 2.33. The average Bonchev–Trinajstić information content (AvgIpc) is 3.25. The molecular weight excluding hydrogens is 302 g/mol. The van der Waals surface area contributed by atoms with Gasteiger partial charge in [-0.25, -0.2) is 4.98 Å². The van der Waals surface area contributed by atoms with E-state index < -0.39 is 0 Å². The Morgan fingerprint density at radius 3 is 2.75 bits per heavy atom. The third-order valence-electron chi connectivity index (χ3n) is 5.21. The van der Waals surface area contributed by atoms with Crippen molar-refractivity contribution in [2.75, 3.05) is 13.1 Å². The largest absolute Gasteiger partial charge is 0.465 e. The van der Waals surface area contributed by atoms with E-state index in [0.717, 1.165) is 49.7 Å². The van der Waals surface area contributed by atoms with Crippen LogP contribution < -0.4 is 0 Å². The van der Waals surface area contributed by atoms with E-state index in [9.17, 15) is 4.79 Å². The van der Waals surface area contributed by atoms with E-state index in [2.05, 4.69) is 16.0 Å². The zero-order chi connectivity index (χ0) is 16.7. The molecule has 0 aromatic carbocycles. The van der Waals surface area contributed by atoms with Crippen molar-refractivity contribution in [1.82, 2.24) is 14.8 Å². The van der Waals surface area contributed by atoms with E-state index in [1.54, 1.807) is 0 Å². The smallest absolute Gasteiger partial charge is 0.272 e. The Hall–Kier alpha value is -2.14. The van der Waals surface area contributed by atoms with Crippen LogP contribution in [0.2, 0.25) is 0 Å². The molecule has 2 aliphatic rings. The summed E-state index contributed by atoms with van der Waals surface area (Å²) < 4.78 is 5.72. The lowest BCUT2D eigenvalue weighted by molar-refractivity contribution is 0.0725. The van der Waals surface area contributed by atoms with Crippen molar-refractivity contribution in [3.8, 4) is 0 Å². The Labute approximate surface area is 142 Å². The predicted octanol–water partition coefficient (Wildman–Crippen LogP) is 2.78. The highest BCUT2D eigenvalue weighted by atomic mass is 16.3. The fraction of sp³-hybridized carbons (Fsp3) is 0.474. The first-order valence-corrected chi connectivity index (χ1v) is 8.66. The lowest BCUT2D eigenvalue weighted by Crippen LogP contribution is -2.39. The number of rotatable bonds is 3. The number of hydrogen-bond acceptors (Lipinski definition) is 4. The van der Waals surface area contributed by atoms with Crippen molar-refractivity contribution in [2.24, 2.45) is 0 Å². The molecular formula is C19H23N3O2. The molecule has 5 heteroatoms. The number of fused-ring (bicyclic) bond motifs is 1. The number of aryl methyl sites for hydroxylation is 2. The van der Waals surface area contributed by atoms with Crippen LogP contribution in [0.3, 0.4) is 0 Å². The second-order valence-electron chi connectivity index (χ2n) is 6.86. The van der Waals surface area contributed by atoms with E-state index >= 15 is 0 Å². The molecule has 1 amide bonds. The molecule has 0 N–H and O–H groups in total. The van der Waals surface area contributed by atoms with Gasteiger partial charge >= 0.3 is 0 Å². The Balaban J connectivity index is 1.47. The number of furan rings is 1. The van der Waals surface area contributed by atoms with Gasteiger partial charge in [0, 0.05) is 30.9 Å². The zero-order valence-corrected chi connectivity index (χ0v) is 14.2. The molecule has 5 nitrogen and oxygen atoms in total. The molecule has 2 saturated heterocycles. The lowest BCUT2D eigenvalue weighted by atomic mass is 10.1. The first kappa shape index (κ1) is 15.4. The summed E-state index contributed by atoms with van der Waals surface area (Å²) in [4.78, 5) is 21.7. The van der Waals surface area contributed by atoms with Gasteiger partial charge in [-0.2, -0.15) is 0 Å². The van der Waals surface area contributed by atoms with Crippen molar-refractivity contribution >= 4 is 5.91 Å². The van der Waals surface area contributed by atoms with E-state index in [4.69, 9.17) is 4.42 Å². The predicted molar refractivity (Wildman–Crippen MR) is 90.7 cm³/mol. The average molecular weight is 325 g/mol. The second kappa shape index (κ2) is 6.06. The maximum Gasteiger partial charge on any atom is 0.272 e. The molecule has 0 saturated carbocycles. The molecule has 126 valence electrons. The van der Waals surface area contributed by atoms with E-state index in [1.165, 1.54) is 0 Å². The summed E-state index contributed by atoms with van der Waals surface area (Å²) in [5, 5.41) is 0. The van der Waals surface area contributed by atoms with Gasteiger partial charge in [0.05, 0.1) is 6.54 Å². The summed E-state index contributed by atoms with van der Waals surface area (Å²) in [7, 11) is 0. The minimum absolute atomic E-state index is 0.0712. The third kappa shape index (κ3) is 2.73. The summed E-state index contributed by atoms with van der Waals surface area (Å²) >= 11 is 0. The van der Waals surface area contributed by atoms with Crippen molar-refractivity contribution in [3.05, 3.63) is 53.2 Å². The number of nitrogens with zero attached hydrogens (tertiary/aromatic N) is 3. The van der Waals surface area contributed by atoms with Crippen LogP contribution in [-0.4, -0.2) is 45.9 Å². The normalized spacial score (nSPS) is 23.7. The number of carbonyl (C=O) groups is 1. The summed E-state index contributed by atoms with van der Waals surface area (Å²) in [6.07, 6.45) is 2.06. The Morgan fingerprint density at radius 1 is 1.17 bits per heavy atom. The van der Waals surface area contributed by atoms with Crippen LogP contribution in [0.5, 0.6) is 0 Å². The van der Waals surface area contributed by atoms with E-state index in [-0.39, 0.29) is 5.91 Å². The van der Waals surface area contributed by atoms with Gasteiger partial charge in [0.1, 0.15) is 17.2 Å². The van der Waals surface area contributed by atoms with Gasteiger partial charge in [-0.05, 0) is 51.0 Å². The monoisotopic (exact) mass is 325 g/mol. The number of amides is 1. The standard InChI is InChI=1S/C19H23N3O2/c1-13-4-3-5-16(20-13)19(23)22-11-9-17-18(22)8-10-21(17)12-15-7-6-14(2)24-15/h3-7,17-18H,8-12H2,1-2H3/t17-,18+/m0/s1. The van der Waals surface area contributed by atoms with Gasteiger partial charge in [0.15, 0.2) is 0 Å². The Bertz CT molecular complexity index is 755. The van der Waals surface area contributed by atoms with Crippen LogP contribution in [-0.2, 0) is 6.54 Å². The minimum atomic E-state index is 0.0712. The molecule has 4 heterocycles. The van der Waals surface area contributed by atoms with Crippen LogP contribution in [0.25, 0.3) is 0 Å². The maximum absolute atomic E-state index is 12.8. The van der Waals surface area contributed by atoms with Crippen molar-refractivity contribution < 1.29 is 9.21 Å². The molecule has 2 aromatic heterocycles. The molecule has 2 aromatic rings. The molecule has 24 heavy (non-hydrogen) atoms. The Morgan fingerprint density at radius 2 is 2.00 bits per heavy atom. The summed E-state index contributed by atoms with van der Waals surface area (Å²) in [6, 6.07) is 10.4. The van der Waals surface area contributed by atoms with Crippen LogP contribution in [0.4, 0.5) is 0 Å². The molecule has 2 aliphatic heterocycles. The minimum Gasteiger partial charge on any atom is -0.465 e. The molecule has 0 unspecified atom stereocenters. The van der Waals surface area contributed by atoms with Crippen molar-refractivity contribution in [1.29, 1.82) is 0 Å². The molecule has 2 fully saturated rings. The fourth-order valence-corrected chi connectivity index (χ4v) is 4.10. The van der Waals surface area contributed by atoms with E-state index in [1.807, 2.05) is 43.0 Å². The SMILES string of the molecule is Cc1cccc(C(=O)N2CC[C@H]3[C@H]2CCN3Cc2ccc(C)o2)n1. The first-order chi connectivity index (χ1) is 11.6. The molecule has 0 radical (unpaired) electrons. The highest BCUT2D eigenvalue weighted by molar-refractivity contribution is 5.92. The number of aromatic nitrogens is 1. The zero-order valence-electron chi connectivity index (χ0n) is 14.2. The van der Waals surface area contributed by atoms with Gasteiger partial charge in [-0.15, -0.1) is 0 Å². The first-order valence-electron chi connectivity index (χ1n) is 8.66. The Kier molecular flexibility index (Phi) is 3.88. The number of hydrogen-bond donors (Lipinski definition) is 0. The van der Waals surface area contributed by atoms with Gasteiger partial charge in [0.25, 0.3) is 5.91 Å². The number of pyridine rings is 1. The third-order valence-corrected chi connectivity index (χ3v) is 5.21. The fourth-order valence-electron chi connectivity index (χ4n) is 4.10. The van der Waals surface area contributed by atoms with Gasteiger partial charge in [0.2, 0.25) is 0 Å². The van der Waals surface area contributed by atoms with Gasteiger partial charge in [-0.1, -0.05) is 6.07 Å². The summed E-state index contributed by atoms with van der Waals surface area (Å²) in [5.41, 5.74) is 1.45. The second-order valence-corrected chi connectivity index (χ2v) is 6.86. The van der Waals surface area contributed by atoms with E-state index in [0.29, 0.717) is 17.8 Å². The molecule has 4 rings (SSSR count). The maximum atomic E-state index is 12.8. The molecule has 2 atom stereocenters. The summed E-state index contributed by atoms with van der Waals surface area (Å²) in [5.74, 6) is 2.04. The molecule has 0 aliphatic carbocycles. The van der Waals surface area contributed by atoms with Crippen LogP contribution >= 0.6 is 0 Å². The number of likely N-dealkylation sites (tertiary alicyclic amines) is 2. The van der Waals surface area contributed by atoms with Crippen LogP contribution in [0.15, 0.2) is 34.7 Å². The van der Waals surface area contributed by atoms with Crippen LogP contribution in [0.1, 0.15) is 40.5 Å². The lowest BCUT2D eigenvalue weighted by Gasteiger charge is -2.25. The van der Waals surface area contributed by atoms with Gasteiger partial charge < -0.3 is 9.32 Å². The number of carbonyl (C=O) groups excluding carboxylic acids is 1. The van der Waals surface area contributed by atoms with Crippen molar-refractivity contribution in [2.45, 2.75) is 45.3 Å². The summed E-state index contributed by atoms with van der Waals surface area (Å²) in [6.45, 7) is 6.56. The topological polar surface area (TPSA) is 49.6 Å². The van der Waals surface area contributed by atoms with Crippen molar-refractivity contribution in [3.63, 3.8) is 0 Å². The molecule has 0 bridgehead atoms. The highest BCUT2D eigenvalue weighted by Gasteiger charge is 2.44. The molecule has 0 spiro atoms. The quantitative estimate of drug-likeness (QED) is 0.871. The van der Waals surface area contributed by atoms with Gasteiger partial charge in [-0.3, -0.25) is 9.69 Å².